The second-order valence-corrected chi connectivity index (χ2v) is 5.26. The van der Waals surface area contributed by atoms with Crippen molar-refractivity contribution in [2.24, 2.45) is 7.05 Å². The Bertz CT molecular complexity index is 656. The Morgan fingerprint density at radius 2 is 2.18 bits per heavy atom. The smallest absolute Gasteiger partial charge is 0.358 e. The number of allylic oxidation sites excluding steroid dienone is 1. The molecule has 1 aromatic heterocycles. The summed E-state index contributed by atoms with van der Waals surface area (Å²) in [5, 5.41) is 7.40. The number of nitrogens with zero attached hydrogens (tertiary/aromatic N) is 2. The second kappa shape index (κ2) is 5.75. The number of carbonyl (C=O) groups is 1. The maximum atomic E-state index is 11.6. The molecule has 1 aromatic rings. The van der Waals surface area contributed by atoms with Crippen molar-refractivity contribution in [3.8, 4) is 0 Å². The summed E-state index contributed by atoms with van der Waals surface area (Å²) in [5.74, 6) is 0.964. The summed E-state index contributed by atoms with van der Waals surface area (Å²) >= 11 is 0. The van der Waals surface area contributed by atoms with Gasteiger partial charge in [0.25, 0.3) is 0 Å². The first-order valence-corrected chi connectivity index (χ1v) is 7.14. The number of aryl methyl sites for hydroxylation is 1. The summed E-state index contributed by atoms with van der Waals surface area (Å²) in [7, 11) is 4.73. The quantitative estimate of drug-likeness (QED) is 0.824. The molecular weight excluding hydrogens is 286 g/mol. The Morgan fingerprint density at radius 1 is 1.41 bits per heavy atom. The molecule has 22 heavy (non-hydrogen) atoms. The molecule has 3 rings (SSSR count). The lowest BCUT2D eigenvalue weighted by Gasteiger charge is -2.21. The minimum atomic E-state index is -0.460. The first-order chi connectivity index (χ1) is 10.6. The SMILES string of the molecule is COC(=O)c1cc(C2=C(OC)C=C(OC3CC3)NC2)n(C)n1. The highest BCUT2D eigenvalue weighted by atomic mass is 16.5. The minimum Gasteiger partial charge on any atom is -0.496 e. The zero-order valence-electron chi connectivity index (χ0n) is 12.9. The van der Waals surface area contributed by atoms with Crippen LogP contribution in [-0.2, 0) is 21.3 Å². The summed E-state index contributed by atoms with van der Waals surface area (Å²) in [4.78, 5) is 11.6. The third-order valence-corrected chi connectivity index (χ3v) is 3.62. The van der Waals surface area contributed by atoms with Gasteiger partial charge in [0, 0.05) is 25.2 Å². The maximum absolute atomic E-state index is 11.6. The van der Waals surface area contributed by atoms with Crippen LogP contribution in [0, 0.1) is 0 Å². The van der Waals surface area contributed by atoms with Gasteiger partial charge in [-0.05, 0) is 18.9 Å². The molecule has 1 N–H and O–H groups in total. The van der Waals surface area contributed by atoms with E-state index >= 15 is 0 Å². The number of carbonyl (C=O) groups excluding carboxylic acids is 1. The maximum Gasteiger partial charge on any atom is 0.358 e. The zero-order valence-corrected chi connectivity index (χ0v) is 12.9. The number of dihydropyridines is 1. The Kier molecular flexibility index (Phi) is 3.79. The van der Waals surface area contributed by atoms with E-state index < -0.39 is 5.97 Å². The molecule has 2 heterocycles. The molecular formula is C15H19N3O4. The van der Waals surface area contributed by atoms with Crippen LogP contribution in [0.25, 0.3) is 5.57 Å². The highest BCUT2D eigenvalue weighted by molar-refractivity contribution is 5.88. The van der Waals surface area contributed by atoms with E-state index in [0.29, 0.717) is 18.4 Å². The van der Waals surface area contributed by atoms with Gasteiger partial charge in [0.15, 0.2) is 11.6 Å². The summed E-state index contributed by atoms with van der Waals surface area (Å²) in [5.41, 5.74) is 1.98. The summed E-state index contributed by atoms with van der Waals surface area (Å²) in [6, 6.07) is 1.70. The molecule has 7 nitrogen and oxygen atoms in total. The lowest BCUT2D eigenvalue weighted by atomic mass is 10.1. The topological polar surface area (TPSA) is 74.6 Å². The van der Waals surface area contributed by atoms with E-state index in [1.807, 2.05) is 6.08 Å². The van der Waals surface area contributed by atoms with Gasteiger partial charge in [0.2, 0.25) is 0 Å². The molecule has 0 atom stereocenters. The van der Waals surface area contributed by atoms with Crippen LogP contribution in [0.15, 0.2) is 23.8 Å². The van der Waals surface area contributed by atoms with Crippen molar-refractivity contribution in [3.05, 3.63) is 35.2 Å². The zero-order chi connectivity index (χ0) is 15.7. The van der Waals surface area contributed by atoms with Crippen LogP contribution in [0.4, 0.5) is 0 Å². The Morgan fingerprint density at radius 3 is 2.82 bits per heavy atom. The monoisotopic (exact) mass is 305 g/mol. The van der Waals surface area contributed by atoms with Crippen LogP contribution in [0.1, 0.15) is 29.0 Å². The first-order valence-electron chi connectivity index (χ1n) is 7.14. The number of hydrogen-bond acceptors (Lipinski definition) is 6. The van der Waals surface area contributed by atoms with Crippen molar-refractivity contribution in [2.45, 2.75) is 18.9 Å². The Balaban J connectivity index is 1.91. The second-order valence-electron chi connectivity index (χ2n) is 5.26. The average molecular weight is 305 g/mol. The molecule has 0 saturated heterocycles. The Hall–Kier alpha value is -2.44. The summed E-state index contributed by atoms with van der Waals surface area (Å²) in [6.45, 7) is 0.544. The van der Waals surface area contributed by atoms with Gasteiger partial charge in [-0.1, -0.05) is 0 Å². The predicted octanol–water partition coefficient (Wildman–Crippen LogP) is 1.19. The van der Waals surface area contributed by atoms with E-state index in [9.17, 15) is 4.79 Å². The predicted molar refractivity (Wildman–Crippen MR) is 78.7 cm³/mol. The van der Waals surface area contributed by atoms with Crippen molar-refractivity contribution in [2.75, 3.05) is 20.8 Å². The van der Waals surface area contributed by atoms with Gasteiger partial charge in [0.1, 0.15) is 11.9 Å². The molecule has 0 aromatic carbocycles. The number of rotatable bonds is 5. The van der Waals surface area contributed by atoms with Crippen LogP contribution in [-0.4, -0.2) is 42.6 Å². The van der Waals surface area contributed by atoms with E-state index in [4.69, 9.17) is 14.2 Å². The molecule has 1 saturated carbocycles. The van der Waals surface area contributed by atoms with Gasteiger partial charge in [-0.2, -0.15) is 5.10 Å². The lowest BCUT2D eigenvalue weighted by Crippen LogP contribution is -2.24. The van der Waals surface area contributed by atoms with Gasteiger partial charge < -0.3 is 19.5 Å². The number of nitrogens with one attached hydrogen (secondary N) is 1. The molecule has 0 amide bonds. The van der Waals surface area contributed by atoms with E-state index in [-0.39, 0.29) is 5.69 Å². The van der Waals surface area contributed by atoms with E-state index in [1.165, 1.54) is 7.11 Å². The molecule has 7 heteroatoms. The van der Waals surface area contributed by atoms with Crippen LogP contribution in [0.3, 0.4) is 0 Å². The van der Waals surface area contributed by atoms with Gasteiger partial charge in [0.05, 0.1) is 19.9 Å². The summed E-state index contributed by atoms with van der Waals surface area (Å²) in [6.07, 6.45) is 4.35. The van der Waals surface area contributed by atoms with Crippen molar-refractivity contribution in [1.82, 2.24) is 15.1 Å². The van der Waals surface area contributed by atoms with Gasteiger partial charge in [-0.3, -0.25) is 4.68 Å². The number of methoxy groups -OCH3 is 2. The largest absolute Gasteiger partial charge is 0.496 e. The molecule has 1 fully saturated rings. The minimum absolute atomic E-state index is 0.270. The molecule has 1 aliphatic carbocycles. The van der Waals surface area contributed by atoms with E-state index in [2.05, 4.69) is 10.4 Å². The van der Waals surface area contributed by atoms with Crippen LogP contribution < -0.4 is 5.32 Å². The highest BCUT2D eigenvalue weighted by Gasteiger charge is 2.27. The van der Waals surface area contributed by atoms with Crippen LogP contribution >= 0.6 is 0 Å². The molecule has 0 spiro atoms. The molecule has 118 valence electrons. The fraction of sp³-hybridized carbons (Fsp3) is 0.467. The molecule has 0 radical (unpaired) electrons. The average Bonchev–Trinajstić information content (AvgIpc) is 3.26. The summed E-state index contributed by atoms with van der Waals surface area (Å²) < 4.78 is 17.6. The van der Waals surface area contributed by atoms with Crippen molar-refractivity contribution in [3.63, 3.8) is 0 Å². The normalized spacial score (nSPS) is 17.7. The molecule has 1 aliphatic heterocycles. The number of hydrogen-bond donors (Lipinski definition) is 1. The third-order valence-electron chi connectivity index (χ3n) is 3.62. The van der Waals surface area contributed by atoms with Crippen molar-refractivity contribution >= 4 is 11.5 Å². The number of ether oxygens (including phenoxy) is 3. The molecule has 0 unspecified atom stereocenters. The number of esters is 1. The standard InChI is InChI=1S/C15H19N3O4/c1-18-12(6-11(17-18)15(19)21-3)10-8-16-14(7-13(10)20-2)22-9-4-5-9/h6-7,9,16H,4-5,8H2,1-3H3. The van der Waals surface area contributed by atoms with Crippen LogP contribution in [0.2, 0.25) is 0 Å². The molecule has 0 bridgehead atoms. The van der Waals surface area contributed by atoms with E-state index in [1.54, 1.807) is 24.9 Å². The van der Waals surface area contributed by atoms with E-state index in [0.717, 1.165) is 30.0 Å². The van der Waals surface area contributed by atoms with Crippen LogP contribution in [0.5, 0.6) is 0 Å². The first kappa shape index (κ1) is 14.5. The Labute approximate surface area is 128 Å². The molecule has 2 aliphatic rings. The fourth-order valence-electron chi connectivity index (χ4n) is 2.31. The van der Waals surface area contributed by atoms with Gasteiger partial charge in [-0.25, -0.2) is 4.79 Å². The highest BCUT2D eigenvalue weighted by Crippen LogP contribution is 2.29. The lowest BCUT2D eigenvalue weighted by molar-refractivity contribution is 0.0593. The van der Waals surface area contributed by atoms with Gasteiger partial charge >= 0.3 is 5.97 Å². The van der Waals surface area contributed by atoms with Crippen molar-refractivity contribution in [1.29, 1.82) is 0 Å². The fourth-order valence-corrected chi connectivity index (χ4v) is 2.31. The third kappa shape index (κ3) is 2.79. The number of aromatic nitrogens is 2. The van der Waals surface area contributed by atoms with Crippen molar-refractivity contribution < 1.29 is 19.0 Å². The van der Waals surface area contributed by atoms with Gasteiger partial charge in [-0.15, -0.1) is 0 Å².